The summed E-state index contributed by atoms with van der Waals surface area (Å²) in [5, 5.41) is 3.76. The third-order valence-corrected chi connectivity index (χ3v) is 5.06. The zero-order valence-electron chi connectivity index (χ0n) is 12.1. The van der Waals surface area contributed by atoms with Crippen molar-refractivity contribution in [3.8, 4) is 0 Å². The van der Waals surface area contributed by atoms with Gasteiger partial charge in [-0.1, -0.05) is 27.7 Å². The van der Waals surface area contributed by atoms with Crippen LogP contribution in [-0.4, -0.2) is 36.1 Å². The molecule has 0 aromatic rings. The van der Waals surface area contributed by atoms with Crippen molar-refractivity contribution in [1.82, 2.24) is 10.2 Å². The highest BCUT2D eigenvalue weighted by Crippen LogP contribution is 2.42. The van der Waals surface area contributed by atoms with Crippen LogP contribution in [0.15, 0.2) is 0 Å². The van der Waals surface area contributed by atoms with E-state index in [0.717, 1.165) is 18.6 Å². The molecule has 1 saturated heterocycles. The standard InChI is InChI=1S/C15H30N2/c1-5-12-8-7-11-17(12)13-9-10-15(3,4)14(13)16-6-2/h12-14,16H,5-11H2,1-4H3. The molecule has 2 nitrogen and oxygen atoms in total. The van der Waals surface area contributed by atoms with Crippen molar-refractivity contribution >= 4 is 0 Å². The molecule has 1 heterocycles. The summed E-state index contributed by atoms with van der Waals surface area (Å²) in [6.45, 7) is 11.9. The zero-order chi connectivity index (χ0) is 12.5. The minimum absolute atomic E-state index is 0.474. The molecule has 0 spiro atoms. The monoisotopic (exact) mass is 238 g/mol. The van der Waals surface area contributed by atoms with E-state index in [1.54, 1.807) is 0 Å². The van der Waals surface area contributed by atoms with Gasteiger partial charge >= 0.3 is 0 Å². The van der Waals surface area contributed by atoms with E-state index in [9.17, 15) is 0 Å². The number of nitrogens with one attached hydrogen (secondary N) is 1. The van der Waals surface area contributed by atoms with Crippen molar-refractivity contribution in [2.75, 3.05) is 13.1 Å². The second-order valence-corrected chi connectivity index (χ2v) is 6.57. The Balaban J connectivity index is 2.09. The second kappa shape index (κ2) is 5.27. The maximum Gasteiger partial charge on any atom is 0.0274 e. The van der Waals surface area contributed by atoms with Crippen LogP contribution in [0.1, 0.15) is 59.8 Å². The van der Waals surface area contributed by atoms with Gasteiger partial charge in [0.2, 0.25) is 0 Å². The summed E-state index contributed by atoms with van der Waals surface area (Å²) in [5.41, 5.74) is 0.474. The smallest absolute Gasteiger partial charge is 0.0274 e. The van der Waals surface area contributed by atoms with E-state index in [1.807, 2.05) is 0 Å². The molecule has 100 valence electrons. The Hall–Kier alpha value is -0.0800. The molecule has 0 radical (unpaired) electrons. The van der Waals surface area contributed by atoms with E-state index >= 15 is 0 Å². The Kier molecular flexibility index (Phi) is 4.14. The second-order valence-electron chi connectivity index (χ2n) is 6.57. The molecule has 1 N–H and O–H groups in total. The third kappa shape index (κ3) is 2.53. The number of likely N-dealkylation sites (tertiary alicyclic amines) is 1. The van der Waals surface area contributed by atoms with Crippen molar-refractivity contribution in [2.45, 2.75) is 77.9 Å². The molecular weight excluding hydrogens is 208 g/mol. The number of hydrogen-bond acceptors (Lipinski definition) is 2. The molecule has 0 aromatic carbocycles. The largest absolute Gasteiger partial charge is 0.312 e. The van der Waals surface area contributed by atoms with Gasteiger partial charge < -0.3 is 5.32 Å². The van der Waals surface area contributed by atoms with Crippen molar-refractivity contribution in [1.29, 1.82) is 0 Å². The summed E-state index contributed by atoms with van der Waals surface area (Å²) in [7, 11) is 0. The lowest BCUT2D eigenvalue weighted by Gasteiger charge is -2.38. The molecule has 1 aliphatic heterocycles. The molecule has 1 aliphatic carbocycles. The van der Waals surface area contributed by atoms with Crippen LogP contribution < -0.4 is 5.32 Å². The highest BCUT2D eigenvalue weighted by atomic mass is 15.2. The van der Waals surface area contributed by atoms with Crippen molar-refractivity contribution < 1.29 is 0 Å². The van der Waals surface area contributed by atoms with E-state index in [1.165, 1.54) is 38.6 Å². The first-order valence-corrected chi connectivity index (χ1v) is 7.59. The van der Waals surface area contributed by atoms with Gasteiger partial charge in [0, 0.05) is 18.1 Å². The Morgan fingerprint density at radius 1 is 1.24 bits per heavy atom. The Morgan fingerprint density at radius 2 is 2.00 bits per heavy atom. The van der Waals surface area contributed by atoms with Crippen LogP contribution in [0.2, 0.25) is 0 Å². The van der Waals surface area contributed by atoms with Crippen LogP contribution in [0.5, 0.6) is 0 Å². The van der Waals surface area contributed by atoms with Gasteiger partial charge in [0.05, 0.1) is 0 Å². The van der Waals surface area contributed by atoms with Crippen LogP contribution in [0.4, 0.5) is 0 Å². The SMILES string of the molecule is CCNC1C(N2CCCC2CC)CCC1(C)C. The summed E-state index contributed by atoms with van der Waals surface area (Å²) >= 11 is 0. The Morgan fingerprint density at radius 3 is 2.65 bits per heavy atom. The molecule has 17 heavy (non-hydrogen) atoms. The third-order valence-electron chi connectivity index (χ3n) is 5.06. The van der Waals surface area contributed by atoms with Gasteiger partial charge in [0.25, 0.3) is 0 Å². The first-order chi connectivity index (χ1) is 8.10. The minimum Gasteiger partial charge on any atom is -0.312 e. The molecule has 2 rings (SSSR count). The quantitative estimate of drug-likeness (QED) is 0.810. The fourth-order valence-corrected chi connectivity index (χ4v) is 4.09. The van der Waals surface area contributed by atoms with Gasteiger partial charge in [-0.05, 0) is 50.6 Å². The summed E-state index contributed by atoms with van der Waals surface area (Å²) in [4.78, 5) is 2.82. The number of hydrogen-bond donors (Lipinski definition) is 1. The molecule has 0 bridgehead atoms. The number of likely N-dealkylation sites (N-methyl/N-ethyl adjacent to an activating group) is 1. The van der Waals surface area contributed by atoms with E-state index in [0.29, 0.717) is 11.5 Å². The maximum absolute atomic E-state index is 3.76. The first-order valence-electron chi connectivity index (χ1n) is 7.59. The van der Waals surface area contributed by atoms with Gasteiger partial charge in [-0.25, -0.2) is 0 Å². The molecule has 2 fully saturated rings. The fourth-order valence-electron chi connectivity index (χ4n) is 4.09. The lowest BCUT2D eigenvalue weighted by atomic mass is 9.86. The highest BCUT2D eigenvalue weighted by Gasteiger charge is 2.45. The predicted molar refractivity (Wildman–Crippen MR) is 74.3 cm³/mol. The van der Waals surface area contributed by atoms with Crippen molar-refractivity contribution in [3.05, 3.63) is 0 Å². The van der Waals surface area contributed by atoms with E-state index in [2.05, 4.69) is 37.9 Å². The Bertz CT molecular complexity index is 249. The molecular formula is C15H30N2. The predicted octanol–water partition coefficient (Wildman–Crippen LogP) is 3.03. The molecule has 2 heteroatoms. The number of nitrogens with zero attached hydrogens (tertiary/aromatic N) is 1. The van der Waals surface area contributed by atoms with Crippen LogP contribution in [0, 0.1) is 5.41 Å². The summed E-state index contributed by atoms with van der Waals surface area (Å²) in [6, 6.07) is 2.34. The van der Waals surface area contributed by atoms with Gasteiger partial charge in [-0.3, -0.25) is 4.90 Å². The molecule has 0 amide bonds. The van der Waals surface area contributed by atoms with Crippen LogP contribution in [0.3, 0.4) is 0 Å². The highest BCUT2D eigenvalue weighted by molar-refractivity contribution is 5.03. The van der Waals surface area contributed by atoms with Gasteiger partial charge in [0.15, 0.2) is 0 Å². The summed E-state index contributed by atoms with van der Waals surface area (Å²) in [6.07, 6.45) is 6.93. The molecule has 2 aliphatic rings. The van der Waals surface area contributed by atoms with Crippen LogP contribution in [-0.2, 0) is 0 Å². The molecule has 3 unspecified atom stereocenters. The molecule has 3 atom stereocenters. The lowest BCUT2D eigenvalue weighted by Crippen LogP contribution is -2.53. The average Bonchev–Trinajstić information content (AvgIpc) is 2.85. The number of rotatable bonds is 4. The normalized spacial score (nSPS) is 37.8. The summed E-state index contributed by atoms with van der Waals surface area (Å²) < 4.78 is 0. The fraction of sp³-hybridized carbons (Fsp3) is 1.00. The molecule has 0 aromatic heterocycles. The molecule has 1 saturated carbocycles. The maximum atomic E-state index is 3.76. The zero-order valence-corrected chi connectivity index (χ0v) is 12.1. The average molecular weight is 238 g/mol. The summed E-state index contributed by atoms with van der Waals surface area (Å²) in [5.74, 6) is 0. The van der Waals surface area contributed by atoms with E-state index < -0.39 is 0 Å². The first kappa shape index (κ1) is 13.4. The van der Waals surface area contributed by atoms with Crippen molar-refractivity contribution in [3.63, 3.8) is 0 Å². The van der Waals surface area contributed by atoms with Crippen LogP contribution in [0.25, 0.3) is 0 Å². The van der Waals surface area contributed by atoms with E-state index in [4.69, 9.17) is 0 Å². The Labute approximate surface area is 107 Å². The minimum atomic E-state index is 0.474. The van der Waals surface area contributed by atoms with Crippen molar-refractivity contribution in [2.24, 2.45) is 5.41 Å². The van der Waals surface area contributed by atoms with Gasteiger partial charge in [-0.2, -0.15) is 0 Å². The van der Waals surface area contributed by atoms with Crippen LogP contribution >= 0.6 is 0 Å². The van der Waals surface area contributed by atoms with Gasteiger partial charge in [-0.15, -0.1) is 0 Å². The van der Waals surface area contributed by atoms with Gasteiger partial charge in [0.1, 0.15) is 0 Å². The van der Waals surface area contributed by atoms with E-state index in [-0.39, 0.29) is 0 Å². The lowest BCUT2D eigenvalue weighted by molar-refractivity contribution is 0.130. The topological polar surface area (TPSA) is 15.3 Å².